The highest BCUT2D eigenvalue weighted by Crippen LogP contribution is 2.39. The first-order valence-electron chi connectivity index (χ1n) is 8.34. The number of hydrogen-bond acceptors (Lipinski definition) is 4. The predicted octanol–water partition coefficient (Wildman–Crippen LogP) is 5.81. The number of carbonyl (C=O) groups is 1. The van der Waals surface area contributed by atoms with Crippen LogP contribution in [0.5, 0.6) is 0 Å². The van der Waals surface area contributed by atoms with Crippen molar-refractivity contribution >= 4 is 28.4 Å². The average molecular weight is 434 g/mol. The van der Waals surface area contributed by atoms with Gasteiger partial charge in [0.1, 0.15) is 28.6 Å². The van der Waals surface area contributed by atoms with Crippen molar-refractivity contribution in [2.75, 3.05) is 0 Å². The van der Waals surface area contributed by atoms with Gasteiger partial charge in [0.2, 0.25) is 0 Å². The van der Waals surface area contributed by atoms with Gasteiger partial charge >= 0.3 is 0 Å². The van der Waals surface area contributed by atoms with Crippen molar-refractivity contribution in [2.24, 2.45) is 0 Å². The van der Waals surface area contributed by atoms with Crippen molar-refractivity contribution < 1.29 is 18.1 Å². The lowest BCUT2D eigenvalue weighted by Gasteiger charge is -2.06. The third kappa shape index (κ3) is 3.22. The SMILES string of the molecule is Cc1c(-c2onc(-c3c(F)cccc3Cl)c2C(=O)Cl)cnn1-c1ccccc1F. The van der Waals surface area contributed by atoms with Gasteiger partial charge in [0, 0.05) is 0 Å². The van der Waals surface area contributed by atoms with Crippen molar-refractivity contribution in [2.45, 2.75) is 6.92 Å². The van der Waals surface area contributed by atoms with Gasteiger partial charge in [0.25, 0.3) is 5.24 Å². The molecule has 0 unspecified atom stereocenters. The van der Waals surface area contributed by atoms with Crippen LogP contribution in [-0.2, 0) is 0 Å². The third-order valence-electron chi connectivity index (χ3n) is 4.42. The predicted molar refractivity (Wildman–Crippen MR) is 104 cm³/mol. The highest BCUT2D eigenvalue weighted by Gasteiger charge is 2.29. The van der Waals surface area contributed by atoms with Crippen LogP contribution in [0.4, 0.5) is 8.78 Å². The molecule has 0 aliphatic heterocycles. The molecule has 0 amide bonds. The Bertz CT molecular complexity index is 1230. The fraction of sp³-hybridized carbons (Fsp3) is 0.0500. The minimum Gasteiger partial charge on any atom is -0.355 e. The summed E-state index contributed by atoms with van der Waals surface area (Å²) in [6.07, 6.45) is 1.39. The normalized spacial score (nSPS) is 11.1. The maximum Gasteiger partial charge on any atom is 0.258 e. The molecule has 0 bridgehead atoms. The first-order chi connectivity index (χ1) is 13.9. The zero-order valence-electron chi connectivity index (χ0n) is 14.8. The van der Waals surface area contributed by atoms with Crippen LogP contribution in [0.25, 0.3) is 28.3 Å². The fourth-order valence-corrected chi connectivity index (χ4v) is 3.48. The first kappa shape index (κ1) is 19.3. The molecule has 0 aliphatic rings. The molecule has 0 saturated heterocycles. The van der Waals surface area contributed by atoms with Crippen LogP contribution in [0, 0.1) is 18.6 Å². The Morgan fingerprint density at radius 1 is 1.10 bits per heavy atom. The molecule has 0 saturated carbocycles. The van der Waals surface area contributed by atoms with Crippen LogP contribution in [0.1, 0.15) is 16.1 Å². The molecule has 0 atom stereocenters. The second kappa shape index (κ2) is 7.42. The molecule has 2 heterocycles. The van der Waals surface area contributed by atoms with E-state index in [-0.39, 0.29) is 33.3 Å². The molecular weight excluding hydrogens is 423 g/mol. The Morgan fingerprint density at radius 3 is 2.52 bits per heavy atom. The summed E-state index contributed by atoms with van der Waals surface area (Å²) in [6.45, 7) is 1.66. The smallest absolute Gasteiger partial charge is 0.258 e. The van der Waals surface area contributed by atoms with Gasteiger partial charge in [-0.2, -0.15) is 5.10 Å². The first-order valence-corrected chi connectivity index (χ1v) is 9.09. The minimum absolute atomic E-state index is 0.0144. The van der Waals surface area contributed by atoms with E-state index in [4.69, 9.17) is 27.7 Å². The summed E-state index contributed by atoms with van der Waals surface area (Å²) in [5.41, 5.74) is 0.648. The van der Waals surface area contributed by atoms with Gasteiger partial charge in [-0.3, -0.25) is 4.79 Å². The molecule has 2 aromatic carbocycles. The van der Waals surface area contributed by atoms with Gasteiger partial charge in [-0.05, 0) is 42.8 Å². The summed E-state index contributed by atoms with van der Waals surface area (Å²) < 4.78 is 35.2. The van der Waals surface area contributed by atoms with Crippen LogP contribution < -0.4 is 0 Å². The van der Waals surface area contributed by atoms with Crippen molar-refractivity contribution in [3.8, 4) is 28.3 Å². The van der Waals surface area contributed by atoms with Gasteiger partial charge in [0.05, 0.1) is 28.0 Å². The van der Waals surface area contributed by atoms with E-state index in [1.807, 2.05) is 0 Å². The standard InChI is InChI=1S/C20H11Cl2F2N3O2/c1-10-11(9-25-27(10)15-8-3-2-6-13(15)23)19-17(20(22)28)18(26-29-19)16-12(21)5-4-7-14(16)24/h2-9H,1H3. The second-order valence-electron chi connectivity index (χ2n) is 6.11. The summed E-state index contributed by atoms with van der Waals surface area (Å²) in [5.74, 6) is -1.18. The van der Waals surface area contributed by atoms with Gasteiger partial charge in [0.15, 0.2) is 5.76 Å². The summed E-state index contributed by atoms with van der Waals surface area (Å²) in [4.78, 5) is 12.2. The van der Waals surface area contributed by atoms with E-state index in [1.165, 1.54) is 35.1 Å². The van der Waals surface area contributed by atoms with Gasteiger partial charge < -0.3 is 4.52 Å². The largest absolute Gasteiger partial charge is 0.355 e. The number of para-hydroxylation sites is 1. The van der Waals surface area contributed by atoms with E-state index >= 15 is 0 Å². The van der Waals surface area contributed by atoms with E-state index in [0.717, 1.165) is 0 Å². The molecule has 0 radical (unpaired) electrons. The molecule has 0 spiro atoms. The Balaban J connectivity index is 1.91. The lowest BCUT2D eigenvalue weighted by atomic mass is 10.0. The summed E-state index contributed by atoms with van der Waals surface area (Å²) >= 11 is 11.9. The highest BCUT2D eigenvalue weighted by molar-refractivity contribution is 6.68. The van der Waals surface area contributed by atoms with Crippen molar-refractivity contribution in [1.29, 1.82) is 0 Å². The summed E-state index contributed by atoms with van der Waals surface area (Å²) in [6, 6.07) is 10.1. The number of rotatable bonds is 4. The maximum atomic E-state index is 14.4. The summed E-state index contributed by atoms with van der Waals surface area (Å²) in [5, 5.41) is 7.14. The van der Waals surface area contributed by atoms with Gasteiger partial charge in [-0.1, -0.05) is 35.0 Å². The van der Waals surface area contributed by atoms with Crippen LogP contribution in [0.15, 0.2) is 53.2 Å². The lowest BCUT2D eigenvalue weighted by Crippen LogP contribution is -2.02. The van der Waals surface area contributed by atoms with Crippen LogP contribution in [-0.4, -0.2) is 20.2 Å². The van der Waals surface area contributed by atoms with Crippen molar-refractivity contribution in [1.82, 2.24) is 14.9 Å². The van der Waals surface area contributed by atoms with Gasteiger partial charge in [-0.15, -0.1) is 0 Å². The monoisotopic (exact) mass is 433 g/mol. The van der Waals surface area contributed by atoms with E-state index < -0.39 is 16.9 Å². The number of benzene rings is 2. The average Bonchev–Trinajstić information content (AvgIpc) is 3.26. The highest BCUT2D eigenvalue weighted by atomic mass is 35.5. The number of hydrogen-bond donors (Lipinski definition) is 0. The van der Waals surface area contributed by atoms with E-state index in [0.29, 0.717) is 11.3 Å². The Labute approximate surface area is 173 Å². The van der Waals surface area contributed by atoms with Gasteiger partial charge in [-0.25, -0.2) is 13.5 Å². The molecule has 4 aromatic rings. The van der Waals surface area contributed by atoms with Crippen molar-refractivity contribution in [3.63, 3.8) is 0 Å². The zero-order valence-corrected chi connectivity index (χ0v) is 16.3. The Kier molecular flexibility index (Phi) is 4.94. The second-order valence-corrected chi connectivity index (χ2v) is 6.86. The van der Waals surface area contributed by atoms with E-state index in [9.17, 15) is 13.6 Å². The lowest BCUT2D eigenvalue weighted by molar-refractivity contribution is 0.108. The maximum absolute atomic E-state index is 14.4. The minimum atomic E-state index is -0.909. The molecule has 0 aliphatic carbocycles. The molecule has 2 aromatic heterocycles. The molecule has 0 fully saturated rings. The fourth-order valence-electron chi connectivity index (χ4n) is 3.05. The number of nitrogens with zero attached hydrogens (tertiary/aromatic N) is 3. The number of carbonyl (C=O) groups excluding carboxylic acids is 1. The molecule has 5 nitrogen and oxygen atoms in total. The van der Waals surface area contributed by atoms with Crippen molar-refractivity contribution in [3.05, 3.63) is 76.6 Å². The molecule has 29 heavy (non-hydrogen) atoms. The molecular formula is C20H11Cl2F2N3O2. The Morgan fingerprint density at radius 2 is 1.83 bits per heavy atom. The molecule has 4 rings (SSSR count). The van der Waals surface area contributed by atoms with E-state index in [1.54, 1.807) is 25.1 Å². The molecule has 0 N–H and O–H groups in total. The number of aromatic nitrogens is 3. The Hall–Kier alpha value is -3.03. The zero-order chi connectivity index (χ0) is 20.7. The number of halogens is 4. The van der Waals surface area contributed by atoms with Crippen LogP contribution >= 0.6 is 23.2 Å². The molecule has 146 valence electrons. The van der Waals surface area contributed by atoms with Crippen LogP contribution in [0.2, 0.25) is 5.02 Å². The summed E-state index contributed by atoms with van der Waals surface area (Å²) in [7, 11) is 0. The van der Waals surface area contributed by atoms with E-state index in [2.05, 4.69) is 10.3 Å². The van der Waals surface area contributed by atoms with Crippen LogP contribution in [0.3, 0.4) is 0 Å². The quantitative estimate of drug-likeness (QED) is 0.380. The topological polar surface area (TPSA) is 60.9 Å². The third-order valence-corrected chi connectivity index (χ3v) is 4.93. The molecule has 9 heteroatoms.